The first-order valence-electron chi connectivity index (χ1n) is 9.73. The van der Waals surface area contributed by atoms with Gasteiger partial charge in [-0.3, -0.25) is 10.1 Å². The van der Waals surface area contributed by atoms with Gasteiger partial charge in [0.15, 0.2) is 0 Å². The van der Waals surface area contributed by atoms with Crippen molar-refractivity contribution in [1.29, 1.82) is 0 Å². The zero-order chi connectivity index (χ0) is 24.0. The Balaban J connectivity index is 1.97. The van der Waals surface area contributed by atoms with Crippen LogP contribution in [0.25, 0.3) is 16.9 Å². The lowest BCUT2D eigenvalue weighted by atomic mass is 10.1. The summed E-state index contributed by atoms with van der Waals surface area (Å²) < 4.78 is 52.1. The van der Waals surface area contributed by atoms with E-state index < -0.39 is 16.7 Å². The molecule has 0 unspecified atom stereocenters. The molecule has 1 heterocycles. The molecule has 0 aliphatic heterocycles. The molecule has 1 aromatic heterocycles. The third-order valence-corrected chi connectivity index (χ3v) is 4.94. The third-order valence-electron chi connectivity index (χ3n) is 4.61. The number of nitro groups is 1. The maximum atomic E-state index is 13.2. The highest BCUT2D eigenvalue weighted by molar-refractivity contribution is 9.09. The van der Waals surface area contributed by atoms with Gasteiger partial charge < -0.3 is 19.4 Å². The summed E-state index contributed by atoms with van der Waals surface area (Å²) in [7, 11) is 1.67. The monoisotopic (exact) mass is 528 g/mol. The van der Waals surface area contributed by atoms with Gasteiger partial charge >= 0.3 is 6.18 Å². The number of nitrogens with one attached hydrogen (secondary N) is 1. The lowest BCUT2D eigenvalue weighted by molar-refractivity contribution is -0.384. The summed E-state index contributed by atoms with van der Waals surface area (Å²) in [5.74, 6) is 0.00500. The molecule has 0 radical (unpaired) electrons. The minimum Gasteiger partial charge on any atom is -0.490 e. The van der Waals surface area contributed by atoms with Crippen molar-refractivity contribution in [3.63, 3.8) is 0 Å². The molecular formula is C21H20BrF3N4O4. The molecule has 3 rings (SSSR count). The highest BCUT2D eigenvalue weighted by atomic mass is 79.9. The number of benzene rings is 2. The Kier molecular flexibility index (Phi) is 7.92. The number of anilines is 1. The molecule has 33 heavy (non-hydrogen) atoms. The number of rotatable bonds is 10. The van der Waals surface area contributed by atoms with Crippen LogP contribution in [0.4, 0.5) is 24.5 Å². The third kappa shape index (κ3) is 6.02. The SMILES string of the molecule is CNc1ccc([N+](=O)[O-])cc1-n1cnc(-c2ccc(C(F)(F)F)cc2OCCOCCBr)c1. The second-order valence-corrected chi connectivity index (χ2v) is 7.53. The Labute approximate surface area is 195 Å². The zero-order valence-electron chi connectivity index (χ0n) is 17.4. The zero-order valence-corrected chi connectivity index (χ0v) is 19.0. The van der Waals surface area contributed by atoms with Gasteiger partial charge in [-0.15, -0.1) is 0 Å². The van der Waals surface area contributed by atoms with Crippen LogP contribution in [-0.2, 0) is 10.9 Å². The number of hydrogen-bond acceptors (Lipinski definition) is 6. The van der Waals surface area contributed by atoms with Crippen LogP contribution in [0.3, 0.4) is 0 Å². The molecule has 1 N–H and O–H groups in total. The van der Waals surface area contributed by atoms with Crippen LogP contribution >= 0.6 is 15.9 Å². The van der Waals surface area contributed by atoms with Crippen LogP contribution < -0.4 is 10.1 Å². The lowest BCUT2D eigenvalue weighted by Gasteiger charge is -2.14. The maximum Gasteiger partial charge on any atom is 0.416 e. The van der Waals surface area contributed by atoms with Crippen molar-refractivity contribution in [3.8, 4) is 22.7 Å². The molecule has 2 aromatic carbocycles. The minimum absolute atomic E-state index is 0.00500. The number of nitro benzene ring substituents is 1. The molecule has 0 saturated heterocycles. The molecule has 0 fully saturated rings. The second-order valence-electron chi connectivity index (χ2n) is 6.73. The van der Waals surface area contributed by atoms with Gasteiger partial charge in [0.1, 0.15) is 12.4 Å². The number of nitrogens with zero attached hydrogens (tertiary/aromatic N) is 3. The summed E-state index contributed by atoms with van der Waals surface area (Å²) in [5.41, 5.74) is 0.798. The number of alkyl halides is 4. The minimum atomic E-state index is -4.53. The molecule has 8 nitrogen and oxygen atoms in total. The summed E-state index contributed by atoms with van der Waals surface area (Å²) in [6.45, 7) is 0.700. The number of imidazole rings is 1. The summed E-state index contributed by atoms with van der Waals surface area (Å²) in [6, 6.07) is 7.47. The fourth-order valence-corrected chi connectivity index (χ4v) is 3.28. The normalized spacial score (nSPS) is 11.4. The first kappa shape index (κ1) is 24.5. The Bertz CT molecular complexity index is 1120. The first-order chi connectivity index (χ1) is 15.7. The van der Waals surface area contributed by atoms with Crippen molar-refractivity contribution in [2.45, 2.75) is 6.18 Å². The fourth-order valence-electron chi connectivity index (χ4n) is 3.05. The van der Waals surface area contributed by atoms with Crippen LogP contribution in [0.1, 0.15) is 5.56 Å². The average molecular weight is 529 g/mol. The molecule has 0 atom stereocenters. The van der Waals surface area contributed by atoms with Crippen LogP contribution in [0.2, 0.25) is 0 Å². The van der Waals surface area contributed by atoms with Crippen molar-refractivity contribution in [1.82, 2.24) is 9.55 Å². The highest BCUT2D eigenvalue weighted by Crippen LogP contribution is 2.37. The predicted molar refractivity (Wildman–Crippen MR) is 120 cm³/mol. The van der Waals surface area contributed by atoms with Gasteiger partial charge in [-0.25, -0.2) is 4.98 Å². The number of hydrogen-bond donors (Lipinski definition) is 1. The Hall–Kier alpha value is -3.12. The molecule has 12 heteroatoms. The molecule has 0 spiro atoms. The largest absolute Gasteiger partial charge is 0.490 e. The van der Waals surface area contributed by atoms with Gasteiger partial charge in [0, 0.05) is 36.3 Å². The molecule has 0 amide bonds. The molecule has 0 aliphatic rings. The van der Waals surface area contributed by atoms with Crippen LogP contribution in [0, 0.1) is 10.1 Å². The lowest BCUT2D eigenvalue weighted by Crippen LogP contribution is -2.10. The summed E-state index contributed by atoms with van der Waals surface area (Å²) in [6.07, 6.45) is -1.54. The first-order valence-corrected chi connectivity index (χ1v) is 10.9. The van der Waals surface area contributed by atoms with E-state index in [0.717, 1.165) is 12.1 Å². The van der Waals surface area contributed by atoms with E-state index in [0.29, 0.717) is 34.6 Å². The van der Waals surface area contributed by atoms with Crippen LogP contribution in [-0.4, -0.2) is 46.7 Å². The molecule has 0 aliphatic carbocycles. The van der Waals surface area contributed by atoms with Crippen LogP contribution in [0.15, 0.2) is 48.9 Å². The quantitative estimate of drug-likeness (QED) is 0.166. The highest BCUT2D eigenvalue weighted by Gasteiger charge is 2.31. The average Bonchev–Trinajstić information content (AvgIpc) is 3.27. The van der Waals surface area contributed by atoms with Gasteiger partial charge in [-0.1, -0.05) is 15.9 Å². The van der Waals surface area contributed by atoms with E-state index in [4.69, 9.17) is 9.47 Å². The van der Waals surface area contributed by atoms with Gasteiger partial charge in [0.05, 0.1) is 47.1 Å². The second kappa shape index (κ2) is 10.7. The summed E-state index contributed by atoms with van der Waals surface area (Å²) in [4.78, 5) is 14.9. The number of halogens is 4. The van der Waals surface area contributed by atoms with Crippen molar-refractivity contribution >= 4 is 27.3 Å². The molecule has 0 saturated carbocycles. The molecular weight excluding hydrogens is 509 g/mol. The van der Waals surface area contributed by atoms with E-state index in [9.17, 15) is 23.3 Å². The van der Waals surface area contributed by atoms with Gasteiger partial charge in [0.25, 0.3) is 5.69 Å². The van der Waals surface area contributed by atoms with Crippen molar-refractivity contribution < 1.29 is 27.6 Å². The smallest absolute Gasteiger partial charge is 0.416 e. The van der Waals surface area contributed by atoms with Crippen molar-refractivity contribution in [2.24, 2.45) is 0 Å². The van der Waals surface area contributed by atoms with Crippen molar-refractivity contribution in [2.75, 3.05) is 37.5 Å². The molecule has 0 bridgehead atoms. The Morgan fingerprint density at radius 2 is 1.97 bits per heavy atom. The number of ether oxygens (including phenoxy) is 2. The maximum absolute atomic E-state index is 13.2. The van der Waals surface area contributed by atoms with E-state index >= 15 is 0 Å². The fraction of sp³-hybridized carbons (Fsp3) is 0.286. The predicted octanol–water partition coefficient (Wildman–Crippen LogP) is 5.30. The standard InChI is InChI=1S/C21H20BrF3N4O4/c1-26-17-5-3-15(29(30)31)11-19(17)28-12-18(27-13-28)16-4-2-14(21(23,24)25)10-20(16)33-9-8-32-7-6-22/h2-5,10-13,26H,6-9H2,1H3. The van der Waals surface area contributed by atoms with E-state index in [2.05, 4.69) is 26.2 Å². The molecule has 3 aromatic rings. The van der Waals surface area contributed by atoms with E-state index in [1.807, 2.05) is 0 Å². The van der Waals surface area contributed by atoms with Gasteiger partial charge in [0.2, 0.25) is 0 Å². The molecule has 176 valence electrons. The number of non-ortho nitro benzene ring substituents is 1. The van der Waals surface area contributed by atoms with E-state index in [1.54, 1.807) is 23.9 Å². The topological polar surface area (TPSA) is 91.5 Å². The Morgan fingerprint density at radius 1 is 1.18 bits per heavy atom. The van der Waals surface area contributed by atoms with Gasteiger partial charge in [-0.2, -0.15) is 13.2 Å². The van der Waals surface area contributed by atoms with E-state index in [-0.39, 0.29) is 24.7 Å². The van der Waals surface area contributed by atoms with Gasteiger partial charge in [-0.05, 0) is 24.3 Å². The summed E-state index contributed by atoms with van der Waals surface area (Å²) >= 11 is 3.22. The Morgan fingerprint density at radius 3 is 2.64 bits per heavy atom. The summed E-state index contributed by atoms with van der Waals surface area (Å²) in [5, 5.41) is 14.8. The number of aromatic nitrogens is 2. The van der Waals surface area contributed by atoms with E-state index in [1.165, 1.54) is 24.5 Å². The van der Waals surface area contributed by atoms with Crippen molar-refractivity contribution in [3.05, 3.63) is 64.6 Å². The van der Waals surface area contributed by atoms with Crippen LogP contribution in [0.5, 0.6) is 5.75 Å².